The van der Waals surface area contributed by atoms with E-state index in [9.17, 15) is 18.4 Å². The Morgan fingerprint density at radius 3 is 2.42 bits per heavy atom. The molecule has 0 saturated carbocycles. The summed E-state index contributed by atoms with van der Waals surface area (Å²) in [6, 6.07) is 15.2. The third-order valence-electron chi connectivity index (χ3n) is 8.77. The van der Waals surface area contributed by atoms with E-state index in [-0.39, 0.29) is 35.6 Å². The van der Waals surface area contributed by atoms with E-state index in [0.29, 0.717) is 66.7 Å². The fourth-order valence-electron chi connectivity index (χ4n) is 6.06. The van der Waals surface area contributed by atoms with E-state index < -0.39 is 19.7 Å². The number of carbonyl (C=O) groups is 2. The van der Waals surface area contributed by atoms with E-state index in [0.717, 1.165) is 23.0 Å². The van der Waals surface area contributed by atoms with Crippen LogP contribution in [0.2, 0.25) is 25.7 Å². The van der Waals surface area contributed by atoms with Crippen LogP contribution in [0.4, 0.5) is 14.6 Å². The van der Waals surface area contributed by atoms with E-state index in [1.165, 1.54) is 23.0 Å². The summed E-state index contributed by atoms with van der Waals surface area (Å²) in [6.45, 7) is 13.2. The van der Waals surface area contributed by atoms with Crippen molar-refractivity contribution < 1.29 is 32.6 Å². The van der Waals surface area contributed by atoms with Gasteiger partial charge in [-0.1, -0.05) is 25.7 Å². The highest BCUT2D eigenvalue weighted by atomic mass is 28.3. The molecule has 2 N–H and O–H groups in total. The Morgan fingerprint density at radius 2 is 1.72 bits per heavy atom. The molecule has 3 heterocycles. The van der Waals surface area contributed by atoms with Crippen molar-refractivity contribution in [2.24, 2.45) is 0 Å². The number of anilines is 1. The summed E-state index contributed by atoms with van der Waals surface area (Å²) in [5, 5.41) is 5.22. The van der Waals surface area contributed by atoms with Crippen LogP contribution in [0.5, 0.6) is 11.5 Å². The van der Waals surface area contributed by atoms with Crippen LogP contribution < -0.4 is 10.5 Å². The van der Waals surface area contributed by atoms with E-state index in [4.69, 9.17) is 19.9 Å². The molecule has 13 heteroatoms. The van der Waals surface area contributed by atoms with Crippen LogP contribution in [0.15, 0.2) is 60.8 Å². The third-order valence-corrected chi connectivity index (χ3v) is 10.5. The summed E-state index contributed by atoms with van der Waals surface area (Å²) in [5.74, 6) is -2.32. The molecule has 0 spiro atoms. The molecule has 5 aromatic rings. The minimum atomic E-state index is -1.35. The Kier molecular flexibility index (Phi) is 9.92. The first-order valence-electron chi connectivity index (χ1n) is 16.5. The monoisotopic (exact) mass is 701 g/mol. The van der Waals surface area contributed by atoms with Gasteiger partial charge in [0.2, 0.25) is 11.6 Å². The molecule has 1 fully saturated rings. The first-order chi connectivity index (χ1) is 23.8. The maximum absolute atomic E-state index is 14.3. The zero-order chi connectivity index (χ0) is 35.7. The molecule has 1 saturated heterocycles. The van der Waals surface area contributed by atoms with Gasteiger partial charge in [0.25, 0.3) is 5.91 Å². The second kappa shape index (κ2) is 14.2. The topological polar surface area (TPSA) is 114 Å². The minimum absolute atomic E-state index is 0.0871. The van der Waals surface area contributed by atoms with E-state index >= 15 is 0 Å². The van der Waals surface area contributed by atoms with Crippen molar-refractivity contribution in [3.63, 3.8) is 0 Å². The van der Waals surface area contributed by atoms with Crippen molar-refractivity contribution in [2.75, 3.05) is 38.6 Å². The van der Waals surface area contributed by atoms with Gasteiger partial charge in [-0.3, -0.25) is 9.59 Å². The summed E-state index contributed by atoms with van der Waals surface area (Å²) < 4.78 is 48.5. The molecular formula is C37H41F2N5O5Si. The number of nitrogens with two attached hydrogens (primary N) is 1. The van der Waals surface area contributed by atoms with Crippen LogP contribution in [-0.2, 0) is 16.2 Å². The Labute approximate surface area is 290 Å². The summed E-state index contributed by atoms with van der Waals surface area (Å²) in [7, 11) is -1.35. The molecule has 6 rings (SSSR count). The fraction of sp³-hybridized carbons (Fsp3) is 0.324. The van der Waals surface area contributed by atoms with E-state index in [1.807, 2.05) is 24.5 Å². The van der Waals surface area contributed by atoms with Crippen LogP contribution in [0.25, 0.3) is 16.6 Å². The van der Waals surface area contributed by atoms with Gasteiger partial charge in [0.15, 0.2) is 11.6 Å². The largest absolute Gasteiger partial charge is 0.454 e. The quantitative estimate of drug-likeness (QED) is 0.0887. The number of amides is 1. The van der Waals surface area contributed by atoms with Gasteiger partial charge >= 0.3 is 0 Å². The number of morpholine rings is 1. The van der Waals surface area contributed by atoms with E-state index in [2.05, 4.69) is 24.7 Å². The lowest BCUT2D eigenvalue weighted by atomic mass is 10.1. The SMILES string of the molecule is Cc1cc(Oc2cccc(F)c2F)cc(C)c1-n1ncc(C(=O)c2cc3cc(C(=O)N4CCOCC4)ccc3n2COCC[Si](C)(C)C)c1N. The zero-order valence-electron chi connectivity index (χ0n) is 28.9. The summed E-state index contributed by atoms with van der Waals surface area (Å²) in [4.78, 5) is 29.3. The van der Waals surface area contributed by atoms with Crippen LogP contribution >= 0.6 is 0 Å². The number of aryl methyl sites for hydroxylation is 2. The van der Waals surface area contributed by atoms with Crippen LogP contribution in [0, 0.1) is 25.5 Å². The average molecular weight is 702 g/mol. The van der Waals surface area contributed by atoms with Crippen molar-refractivity contribution in [3.8, 4) is 17.2 Å². The molecule has 0 aliphatic carbocycles. The second-order valence-corrected chi connectivity index (χ2v) is 19.3. The van der Waals surface area contributed by atoms with Gasteiger partial charge < -0.3 is 29.4 Å². The maximum atomic E-state index is 14.3. The molecule has 1 aliphatic rings. The smallest absolute Gasteiger partial charge is 0.254 e. The third kappa shape index (κ3) is 7.20. The number of hydrogen-bond donors (Lipinski definition) is 1. The zero-order valence-corrected chi connectivity index (χ0v) is 29.9. The molecule has 2 aromatic heterocycles. The van der Waals surface area contributed by atoms with Gasteiger partial charge in [0.1, 0.15) is 18.3 Å². The number of nitrogens with zero attached hydrogens (tertiary/aromatic N) is 4. The first kappa shape index (κ1) is 35.0. The molecule has 3 aromatic carbocycles. The molecule has 0 radical (unpaired) electrons. The van der Waals surface area contributed by atoms with Crippen LogP contribution in [-0.4, -0.2) is 71.9 Å². The molecule has 50 heavy (non-hydrogen) atoms. The average Bonchev–Trinajstić information content (AvgIpc) is 3.64. The van der Waals surface area contributed by atoms with Crippen molar-refractivity contribution in [2.45, 2.75) is 46.3 Å². The van der Waals surface area contributed by atoms with Gasteiger partial charge in [-0.05, 0) is 79.5 Å². The number of ether oxygens (including phenoxy) is 3. The van der Waals surface area contributed by atoms with Crippen LogP contribution in [0.3, 0.4) is 0 Å². The van der Waals surface area contributed by atoms with Crippen LogP contribution in [0.1, 0.15) is 37.5 Å². The first-order valence-corrected chi connectivity index (χ1v) is 20.2. The highest BCUT2D eigenvalue weighted by Gasteiger charge is 2.26. The summed E-state index contributed by atoms with van der Waals surface area (Å²) in [6.07, 6.45) is 1.44. The normalized spacial score (nSPS) is 13.6. The van der Waals surface area contributed by atoms with Gasteiger partial charge in [0.05, 0.1) is 41.9 Å². The van der Waals surface area contributed by atoms with Gasteiger partial charge in [-0.25, -0.2) is 9.07 Å². The van der Waals surface area contributed by atoms with Crippen molar-refractivity contribution in [3.05, 3.63) is 100 Å². The molecule has 1 amide bonds. The Morgan fingerprint density at radius 1 is 1.00 bits per heavy atom. The molecule has 0 atom stereocenters. The Hall–Kier alpha value is -4.85. The summed E-state index contributed by atoms with van der Waals surface area (Å²) in [5.41, 5.74) is 10.5. The standard InChI is InChI=1S/C37H41F2N5O5Si/c1-23-17-27(49-32-8-6-7-29(38)33(32)39)18-24(2)34(23)44-36(40)28(21-41-44)35(45)31-20-26-19-25(37(46)42-11-13-47-14-12-42)9-10-30(26)43(31)22-48-15-16-50(3,4)5/h6-10,17-21H,11-16,22,40H2,1-5H3. The minimum Gasteiger partial charge on any atom is -0.454 e. The molecule has 0 bridgehead atoms. The number of halogens is 2. The molecular weight excluding hydrogens is 661 g/mol. The predicted octanol–water partition coefficient (Wildman–Crippen LogP) is 7.11. The van der Waals surface area contributed by atoms with E-state index in [1.54, 1.807) is 35.2 Å². The molecule has 262 valence electrons. The Bertz CT molecular complexity index is 2060. The second-order valence-electron chi connectivity index (χ2n) is 13.7. The lowest BCUT2D eigenvalue weighted by Crippen LogP contribution is -2.40. The highest BCUT2D eigenvalue weighted by Crippen LogP contribution is 2.33. The Balaban J connectivity index is 1.32. The van der Waals surface area contributed by atoms with Gasteiger partial charge in [-0.2, -0.15) is 9.49 Å². The number of benzene rings is 3. The number of rotatable bonds is 11. The predicted molar refractivity (Wildman–Crippen MR) is 190 cm³/mol. The number of hydrogen-bond acceptors (Lipinski definition) is 7. The molecule has 10 nitrogen and oxygen atoms in total. The number of aromatic nitrogens is 3. The van der Waals surface area contributed by atoms with Gasteiger partial charge in [-0.15, -0.1) is 0 Å². The number of nitrogen functional groups attached to an aromatic ring is 1. The van der Waals surface area contributed by atoms with Crippen molar-refractivity contribution in [1.29, 1.82) is 0 Å². The molecule has 1 aliphatic heterocycles. The highest BCUT2D eigenvalue weighted by molar-refractivity contribution is 6.76. The van der Waals surface area contributed by atoms with Crippen molar-refractivity contribution >= 4 is 36.5 Å². The lowest BCUT2D eigenvalue weighted by molar-refractivity contribution is 0.0303. The van der Waals surface area contributed by atoms with Crippen molar-refractivity contribution in [1.82, 2.24) is 19.2 Å². The fourth-order valence-corrected chi connectivity index (χ4v) is 6.82. The molecule has 0 unspecified atom stereocenters. The summed E-state index contributed by atoms with van der Waals surface area (Å²) >= 11 is 0. The van der Waals surface area contributed by atoms with Gasteiger partial charge in [0, 0.05) is 38.7 Å². The maximum Gasteiger partial charge on any atom is 0.254 e. The number of ketones is 1. The number of fused-ring (bicyclic) bond motifs is 1. The lowest BCUT2D eigenvalue weighted by Gasteiger charge is -2.26. The number of carbonyl (C=O) groups excluding carboxylic acids is 2.